The maximum Gasteiger partial charge on any atom is 0.573 e. The van der Waals surface area contributed by atoms with Gasteiger partial charge in [0, 0.05) is 93.6 Å². The van der Waals surface area contributed by atoms with E-state index in [9.17, 15) is 44.3 Å². The summed E-state index contributed by atoms with van der Waals surface area (Å²) in [5, 5.41) is 10.2. The second-order valence-corrected chi connectivity index (χ2v) is 14.2. The van der Waals surface area contributed by atoms with Crippen LogP contribution < -0.4 is 20.7 Å². The molecule has 1 amide bonds. The van der Waals surface area contributed by atoms with Crippen molar-refractivity contribution in [3.05, 3.63) is 89.1 Å². The van der Waals surface area contributed by atoms with Crippen molar-refractivity contribution in [1.29, 1.82) is 0 Å². The Bertz CT molecular complexity index is 1960. The van der Waals surface area contributed by atoms with Gasteiger partial charge in [-0.1, -0.05) is 24.3 Å². The summed E-state index contributed by atoms with van der Waals surface area (Å²) >= 11 is 0. The minimum atomic E-state index is -4.93. The summed E-state index contributed by atoms with van der Waals surface area (Å²) in [6.45, 7) is 3.81. The van der Waals surface area contributed by atoms with Gasteiger partial charge < -0.3 is 25.3 Å². The number of carbonyl (C=O) groups excluding carboxylic acids is 1. The van der Waals surface area contributed by atoms with Gasteiger partial charge in [-0.15, -0.1) is 13.2 Å². The molecule has 3 N–H and O–H groups in total. The molecule has 17 heteroatoms. The van der Waals surface area contributed by atoms with E-state index in [-0.39, 0.29) is 29.8 Å². The molecule has 3 fully saturated rings. The van der Waals surface area contributed by atoms with Crippen molar-refractivity contribution in [2.75, 3.05) is 39.3 Å². The standard InChI is InChI=1S/C38H39F9N6O2/c39-36(40,41)31-3-1-4-32(37(42,43)44)30(31)22-53-20-25-16-26(53)19-52(25)18-23-5-10-34-28(15-23)29(24-6-8-27(9-7-24)55-38(45,46)47)21-51(34)14-2-11-50-35(54)33-17-48-12-13-49-33/h1,3-10,15,21,25-26,33,48-49H,2,11-14,16-20,22H2,(H,50,54). The van der Waals surface area contributed by atoms with Gasteiger partial charge in [0.2, 0.25) is 5.91 Å². The third kappa shape index (κ3) is 8.90. The molecule has 0 radical (unpaired) electrons. The Balaban J connectivity index is 1.07. The Labute approximate surface area is 310 Å². The van der Waals surface area contributed by atoms with Crippen LogP contribution in [0.5, 0.6) is 5.75 Å². The summed E-state index contributed by atoms with van der Waals surface area (Å²) in [6.07, 6.45) is -11.6. The fourth-order valence-corrected chi connectivity index (χ4v) is 8.06. The zero-order valence-electron chi connectivity index (χ0n) is 29.4. The molecule has 3 aromatic carbocycles. The van der Waals surface area contributed by atoms with E-state index in [1.54, 1.807) is 17.0 Å². The average molecular weight is 783 g/mol. The van der Waals surface area contributed by atoms with Crippen LogP contribution in [0, 0.1) is 0 Å². The first-order chi connectivity index (χ1) is 26.0. The highest BCUT2D eigenvalue weighted by atomic mass is 19.4. The third-order valence-electron chi connectivity index (χ3n) is 10.6. The topological polar surface area (TPSA) is 73.8 Å². The number of alkyl halides is 9. The monoisotopic (exact) mass is 782 g/mol. The van der Waals surface area contributed by atoms with Crippen LogP contribution in [0.25, 0.3) is 22.0 Å². The smallest absolute Gasteiger partial charge is 0.406 e. The summed E-state index contributed by atoms with van der Waals surface area (Å²) in [7, 11) is 0. The number of rotatable bonds is 11. The maximum atomic E-state index is 13.8. The highest BCUT2D eigenvalue weighted by molar-refractivity contribution is 5.96. The van der Waals surface area contributed by atoms with Crippen molar-refractivity contribution in [2.24, 2.45) is 0 Å². The van der Waals surface area contributed by atoms with E-state index in [4.69, 9.17) is 0 Å². The molecule has 2 bridgehead atoms. The van der Waals surface area contributed by atoms with Crippen LogP contribution in [0.2, 0.25) is 0 Å². The van der Waals surface area contributed by atoms with Crippen LogP contribution in [-0.4, -0.2) is 84.0 Å². The number of fused-ring (bicyclic) bond motifs is 3. The molecule has 8 nitrogen and oxygen atoms in total. The molecule has 3 saturated heterocycles. The predicted octanol–water partition coefficient (Wildman–Crippen LogP) is 6.77. The summed E-state index contributed by atoms with van der Waals surface area (Å²) in [5.41, 5.74) is -0.0909. The second-order valence-electron chi connectivity index (χ2n) is 14.2. The van der Waals surface area contributed by atoms with Gasteiger partial charge in [0.25, 0.3) is 0 Å². The minimum Gasteiger partial charge on any atom is -0.406 e. The Morgan fingerprint density at radius 2 is 1.51 bits per heavy atom. The van der Waals surface area contributed by atoms with Crippen LogP contribution in [0.15, 0.2) is 66.9 Å². The Kier molecular flexibility index (Phi) is 10.8. The highest BCUT2D eigenvalue weighted by Crippen LogP contribution is 2.42. The fraction of sp³-hybridized carbons (Fsp3) is 0.447. The Morgan fingerprint density at radius 1 is 0.836 bits per heavy atom. The number of aromatic nitrogens is 1. The highest BCUT2D eigenvalue weighted by Gasteiger charge is 2.46. The molecular formula is C38H39F9N6O2. The number of nitrogens with one attached hydrogen (secondary N) is 3. The SMILES string of the molecule is O=C(NCCCn1cc(-c2ccc(OC(F)(F)F)cc2)c2cc(CN3CC4CC3CN4Cc3c(C(F)(F)F)cccc3C(F)(F)F)ccc21)C1CNCCN1. The van der Waals surface area contributed by atoms with Gasteiger partial charge in [-0.25, -0.2) is 0 Å². The van der Waals surface area contributed by atoms with Crippen LogP contribution >= 0.6 is 0 Å². The molecule has 0 aliphatic carbocycles. The Morgan fingerprint density at radius 3 is 2.11 bits per heavy atom. The first kappa shape index (κ1) is 38.9. The van der Waals surface area contributed by atoms with E-state index in [0.29, 0.717) is 76.4 Å². The number of halogens is 9. The molecule has 7 rings (SSSR count). The van der Waals surface area contributed by atoms with E-state index in [0.717, 1.165) is 34.6 Å². The van der Waals surface area contributed by atoms with Gasteiger partial charge in [-0.3, -0.25) is 14.6 Å². The molecule has 296 valence electrons. The predicted molar refractivity (Wildman–Crippen MR) is 186 cm³/mol. The van der Waals surface area contributed by atoms with E-state index >= 15 is 0 Å². The number of aryl methyl sites for hydroxylation is 1. The molecule has 0 spiro atoms. The number of hydrogen-bond donors (Lipinski definition) is 3. The van der Waals surface area contributed by atoms with Gasteiger partial charge in [-0.05, 0) is 65.9 Å². The van der Waals surface area contributed by atoms with Gasteiger partial charge >= 0.3 is 18.7 Å². The Hall–Kier alpha value is -4.32. The first-order valence-electron chi connectivity index (χ1n) is 18.0. The summed E-state index contributed by atoms with van der Waals surface area (Å²) in [5.74, 6) is -0.444. The lowest BCUT2D eigenvalue weighted by atomic mass is 9.99. The summed E-state index contributed by atoms with van der Waals surface area (Å²) in [4.78, 5) is 16.5. The largest absolute Gasteiger partial charge is 0.573 e. The number of piperazine rings is 2. The van der Waals surface area contributed by atoms with Crippen LogP contribution in [0.4, 0.5) is 39.5 Å². The molecular weight excluding hydrogens is 743 g/mol. The normalized spacial score (nSPS) is 21.1. The molecule has 1 aromatic heterocycles. The molecule has 3 aliphatic heterocycles. The second kappa shape index (κ2) is 15.3. The van der Waals surface area contributed by atoms with Crippen LogP contribution in [0.3, 0.4) is 0 Å². The lowest BCUT2D eigenvalue weighted by Crippen LogP contribution is -2.55. The molecule has 3 atom stereocenters. The molecule has 4 aromatic rings. The lowest BCUT2D eigenvalue weighted by molar-refractivity contribution is -0.274. The van der Waals surface area contributed by atoms with Crippen molar-refractivity contribution in [3.8, 4) is 16.9 Å². The third-order valence-corrected chi connectivity index (χ3v) is 10.6. The number of hydrogen-bond acceptors (Lipinski definition) is 6. The summed E-state index contributed by atoms with van der Waals surface area (Å²) < 4.78 is 128. The van der Waals surface area contributed by atoms with Gasteiger partial charge in [0.1, 0.15) is 5.75 Å². The van der Waals surface area contributed by atoms with Gasteiger partial charge in [-0.2, -0.15) is 26.3 Å². The number of likely N-dealkylation sites (tertiary alicyclic amines) is 2. The first-order valence-corrected chi connectivity index (χ1v) is 18.0. The molecule has 3 unspecified atom stereocenters. The summed E-state index contributed by atoms with van der Waals surface area (Å²) in [6, 6.07) is 13.1. The number of carbonyl (C=O) groups is 1. The number of nitrogens with zero attached hydrogens (tertiary/aromatic N) is 3. The zero-order chi connectivity index (χ0) is 39.1. The van der Waals surface area contributed by atoms with Crippen molar-refractivity contribution in [1.82, 2.24) is 30.3 Å². The molecule has 3 aliphatic rings. The van der Waals surface area contributed by atoms with Crippen LogP contribution in [-0.2, 0) is 36.8 Å². The van der Waals surface area contributed by atoms with Gasteiger partial charge in [0.05, 0.1) is 17.2 Å². The molecule has 4 heterocycles. The number of benzene rings is 3. The number of amides is 1. The van der Waals surface area contributed by atoms with Crippen LogP contribution in [0.1, 0.15) is 35.1 Å². The van der Waals surface area contributed by atoms with E-state index in [1.165, 1.54) is 12.1 Å². The van der Waals surface area contributed by atoms with Crippen molar-refractivity contribution < 1.29 is 49.0 Å². The molecule has 0 saturated carbocycles. The lowest BCUT2D eigenvalue weighted by Gasteiger charge is -2.35. The van der Waals surface area contributed by atoms with Crippen molar-refractivity contribution in [3.63, 3.8) is 0 Å². The van der Waals surface area contributed by atoms with E-state index < -0.39 is 42.0 Å². The minimum absolute atomic E-state index is 0.0758. The number of ether oxygens (including phenoxy) is 1. The van der Waals surface area contributed by atoms with E-state index in [2.05, 4.69) is 25.6 Å². The van der Waals surface area contributed by atoms with E-state index in [1.807, 2.05) is 29.0 Å². The van der Waals surface area contributed by atoms with Gasteiger partial charge in [0.15, 0.2) is 0 Å². The maximum absolute atomic E-state index is 13.8. The average Bonchev–Trinajstić information content (AvgIpc) is 3.82. The fourth-order valence-electron chi connectivity index (χ4n) is 8.06. The van der Waals surface area contributed by atoms with Crippen molar-refractivity contribution >= 4 is 16.8 Å². The molecule has 55 heavy (non-hydrogen) atoms. The quantitative estimate of drug-likeness (QED) is 0.115. The zero-order valence-corrected chi connectivity index (χ0v) is 29.4. The van der Waals surface area contributed by atoms with Crippen molar-refractivity contribution in [2.45, 2.75) is 69.3 Å².